The molecule has 1 rings (SSSR count). The molecule has 5 heteroatoms. The monoisotopic (exact) mass is 222 g/mol. The standard InChI is InChI=1S/C5H4BrClN2O/c1-3-2-4(10)9(6)8-5(3)7/h2H,1H3. The van der Waals surface area contributed by atoms with Crippen molar-refractivity contribution in [3.05, 3.63) is 27.1 Å². The maximum Gasteiger partial charge on any atom is 0.277 e. The highest BCUT2D eigenvalue weighted by molar-refractivity contribution is 9.08. The van der Waals surface area contributed by atoms with E-state index in [-0.39, 0.29) is 5.56 Å². The Bertz CT molecular complexity index is 309. The Morgan fingerprint density at radius 2 is 2.40 bits per heavy atom. The van der Waals surface area contributed by atoms with E-state index in [1.165, 1.54) is 6.07 Å². The van der Waals surface area contributed by atoms with E-state index in [1.54, 1.807) is 6.92 Å². The molecule has 10 heavy (non-hydrogen) atoms. The smallest absolute Gasteiger partial charge is 0.267 e. The van der Waals surface area contributed by atoms with E-state index in [9.17, 15) is 4.79 Å². The fraction of sp³-hybridized carbons (Fsp3) is 0.200. The molecule has 3 nitrogen and oxygen atoms in total. The Morgan fingerprint density at radius 3 is 2.90 bits per heavy atom. The summed E-state index contributed by atoms with van der Waals surface area (Å²) < 4.78 is 1.02. The molecule has 0 aromatic carbocycles. The Balaban J connectivity index is 3.43. The van der Waals surface area contributed by atoms with Gasteiger partial charge in [0.1, 0.15) is 0 Å². The van der Waals surface area contributed by atoms with Crippen LogP contribution >= 0.6 is 27.7 Å². The van der Waals surface area contributed by atoms with Crippen molar-refractivity contribution in [3.8, 4) is 0 Å². The molecule has 54 valence electrons. The van der Waals surface area contributed by atoms with Crippen LogP contribution in [0.5, 0.6) is 0 Å². The summed E-state index contributed by atoms with van der Waals surface area (Å²) in [5, 5.41) is 3.99. The topological polar surface area (TPSA) is 34.9 Å². The molecule has 0 aliphatic heterocycles. The van der Waals surface area contributed by atoms with Crippen LogP contribution in [0, 0.1) is 6.92 Å². The third kappa shape index (κ3) is 1.38. The van der Waals surface area contributed by atoms with Crippen molar-refractivity contribution in [1.29, 1.82) is 0 Å². The SMILES string of the molecule is Cc1cc(=O)n(Br)nc1Cl. The summed E-state index contributed by atoms with van der Waals surface area (Å²) in [6.07, 6.45) is 0. The van der Waals surface area contributed by atoms with Crippen LogP contribution in [0.15, 0.2) is 10.9 Å². The average molecular weight is 223 g/mol. The molecule has 0 amide bonds. The molecular formula is C5H4BrClN2O. The number of halogens is 2. The van der Waals surface area contributed by atoms with Gasteiger partial charge in [-0.25, -0.2) is 0 Å². The van der Waals surface area contributed by atoms with Gasteiger partial charge < -0.3 is 0 Å². The summed E-state index contributed by atoms with van der Waals surface area (Å²) in [5.41, 5.74) is 0.462. The van der Waals surface area contributed by atoms with Crippen molar-refractivity contribution >= 4 is 27.7 Å². The zero-order valence-electron chi connectivity index (χ0n) is 5.14. The molecule has 1 aromatic rings. The highest BCUT2D eigenvalue weighted by atomic mass is 79.9. The fourth-order valence-corrected chi connectivity index (χ4v) is 0.986. The number of rotatable bonds is 0. The van der Waals surface area contributed by atoms with E-state index >= 15 is 0 Å². The summed E-state index contributed by atoms with van der Waals surface area (Å²) in [7, 11) is 0. The van der Waals surface area contributed by atoms with E-state index < -0.39 is 0 Å². The number of nitrogens with zero attached hydrogens (tertiary/aromatic N) is 2. The van der Waals surface area contributed by atoms with E-state index in [2.05, 4.69) is 21.2 Å². The second kappa shape index (κ2) is 2.72. The van der Waals surface area contributed by atoms with Crippen molar-refractivity contribution in [3.63, 3.8) is 0 Å². The van der Waals surface area contributed by atoms with Crippen molar-refractivity contribution in [2.24, 2.45) is 0 Å². The Kier molecular flexibility index (Phi) is 2.11. The molecular weight excluding hydrogens is 219 g/mol. The van der Waals surface area contributed by atoms with Gasteiger partial charge in [0.25, 0.3) is 5.56 Å². The Hall–Kier alpha value is -0.350. The van der Waals surface area contributed by atoms with E-state index in [0.29, 0.717) is 10.7 Å². The summed E-state index contributed by atoms with van der Waals surface area (Å²) in [6, 6.07) is 1.41. The van der Waals surface area contributed by atoms with Crippen molar-refractivity contribution in [2.45, 2.75) is 6.92 Å². The molecule has 0 atom stereocenters. The van der Waals surface area contributed by atoms with E-state index in [0.717, 1.165) is 3.71 Å². The van der Waals surface area contributed by atoms with Gasteiger partial charge in [-0.1, -0.05) is 11.6 Å². The third-order valence-electron chi connectivity index (χ3n) is 1.02. The van der Waals surface area contributed by atoms with E-state index in [4.69, 9.17) is 11.6 Å². The van der Waals surface area contributed by atoms with Crippen LogP contribution in [0.25, 0.3) is 0 Å². The lowest BCUT2D eigenvalue weighted by molar-refractivity contribution is 0.925. The van der Waals surface area contributed by atoms with Crippen LogP contribution in [0.4, 0.5) is 0 Å². The van der Waals surface area contributed by atoms with Gasteiger partial charge in [-0.2, -0.15) is 3.71 Å². The average Bonchev–Trinajstić information content (AvgIpc) is 1.84. The lowest BCUT2D eigenvalue weighted by Crippen LogP contribution is -2.14. The highest BCUT2D eigenvalue weighted by Crippen LogP contribution is 2.07. The van der Waals surface area contributed by atoms with Gasteiger partial charge >= 0.3 is 0 Å². The van der Waals surface area contributed by atoms with Gasteiger partial charge in [0, 0.05) is 6.07 Å². The summed E-state index contributed by atoms with van der Waals surface area (Å²) >= 11 is 8.47. The number of aromatic nitrogens is 2. The van der Waals surface area contributed by atoms with Gasteiger partial charge in [-0.05, 0) is 12.5 Å². The molecule has 0 saturated heterocycles. The molecule has 0 bridgehead atoms. The van der Waals surface area contributed by atoms with Crippen molar-refractivity contribution in [1.82, 2.24) is 8.81 Å². The van der Waals surface area contributed by atoms with Crippen molar-refractivity contribution in [2.75, 3.05) is 0 Å². The quantitative estimate of drug-likeness (QED) is 0.666. The molecule has 0 unspecified atom stereocenters. The maximum absolute atomic E-state index is 10.8. The molecule has 0 fully saturated rings. The zero-order chi connectivity index (χ0) is 7.72. The lowest BCUT2D eigenvalue weighted by Gasteiger charge is -1.95. The minimum absolute atomic E-state index is 0.220. The fourth-order valence-electron chi connectivity index (χ4n) is 0.503. The second-order valence-corrected chi connectivity index (χ2v) is 2.85. The first-order valence-electron chi connectivity index (χ1n) is 2.54. The number of aryl methyl sites for hydroxylation is 1. The highest BCUT2D eigenvalue weighted by Gasteiger charge is 1.98. The molecule has 1 heterocycles. The van der Waals surface area contributed by atoms with Gasteiger partial charge in [0.15, 0.2) is 5.15 Å². The predicted octanol–water partition coefficient (Wildman–Crippen LogP) is 1.36. The Labute approximate surface area is 71.0 Å². The number of hydrogen-bond acceptors (Lipinski definition) is 2. The molecule has 0 radical (unpaired) electrons. The molecule has 0 N–H and O–H groups in total. The normalized spacial score (nSPS) is 9.90. The summed E-state index contributed by atoms with van der Waals surface area (Å²) in [4.78, 5) is 10.8. The predicted molar refractivity (Wildman–Crippen MR) is 42.6 cm³/mol. The first-order valence-corrected chi connectivity index (χ1v) is 3.62. The zero-order valence-corrected chi connectivity index (χ0v) is 7.48. The number of hydrogen-bond donors (Lipinski definition) is 0. The summed E-state index contributed by atoms with van der Waals surface area (Å²) in [5.74, 6) is 0. The molecule has 0 saturated carbocycles. The van der Waals surface area contributed by atoms with E-state index in [1.807, 2.05) is 0 Å². The maximum atomic E-state index is 10.8. The molecule has 0 aliphatic rings. The van der Waals surface area contributed by atoms with Gasteiger partial charge in [0.2, 0.25) is 0 Å². The van der Waals surface area contributed by atoms with Crippen LogP contribution in [-0.2, 0) is 0 Å². The van der Waals surface area contributed by atoms with Gasteiger partial charge in [-0.15, -0.1) is 5.10 Å². The van der Waals surface area contributed by atoms with Crippen molar-refractivity contribution < 1.29 is 0 Å². The molecule has 0 aliphatic carbocycles. The first-order chi connectivity index (χ1) is 4.61. The van der Waals surface area contributed by atoms with Crippen LogP contribution in [0.3, 0.4) is 0 Å². The summed E-state index contributed by atoms with van der Waals surface area (Å²) in [6.45, 7) is 1.73. The second-order valence-electron chi connectivity index (χ2n) is 1.82. The van der Waals surface area contributed by atoms with Crippen LogP contribution in [0.2, 0.25) is 5.15 Å². The van der Waals surface area contributed by atoms with Gasteiger partial charge in [-0.3, -0.25) is 4.79 Å². The molecule has 0 spiro atoms. The molecule has 1 aromatic heterocycles. The largest absolute Gasteiger partial charge is 0.277 e. The Morgan fingerprint density at radius 1 is 1.80 bits per heavy atom. The third-order valence-corrected chi connectivity index (χ3v) is 1.90. The van der Waals surface area contributed by atoms with Crippen LogP contribution in [-0.4, -0.2) is 8.81 Å². The first kappa shape index (κ1) is 7.75. The minimum Gasteiger partial charge on any atom is -0.267 e. The lowest BCUT2D eigenvalue weighted by atomic mass is 10.4. The minimum atomic E-state index is -0.220. The van der Waals surface area contributed by atoms with Crippen LogP contribution < -0.4 is 5.56 Å². The van der Waals surface area contributed by atoms with Crippen LogP contribution in [0.1, 0.15) is 5.56 Å². The van der Waals surface area contributed by atoms with Gasteiger partial charge in [0.05, 0.1) is 16.1 Å².